The van der Waals surface area contributed by atoms with Gasteiger partial charge in [-0.25, -0.2) is 0 Å². The Kier molecular flexibility index (Phi) is 2.95. The number of rotatable bonds is 2. The number of nitro benzene ring substituents is 1. The van der Waals surface area contributed by atoms with E-state index in [9.17, 15) is 20.2 Å². The monoisotopic (exact) mass is 346 g/mol. The van der Waals surface area contributed by atoms with Gasteiger partial charge in [-0.3, -0.25) is 20.2 Å². The highest BCUT2D eigenvalue weighted by Crippen LogP contribution is 2.52. The highest BCUT2D eigenvalue weighted by Gasteiger charge is 2.43. The second-order valence-electron chi connectivity index (χ2n) is 6.91. The minimum atomic E-state index is -0.707. The molecule has 0 radical (unpaired) electrons. The van der Waals surface area contributed by atoms with E-state index in [2.05, 4.69) is 0 Å². The van der Waals surface area contributed by atoms with Gasteiger partial charge in [-0.15, -0.1) is 0 Å². The van der Waals surface area contributed by atoms with Crippen molar-refractivity contribution in [3.63, 3.8) is 0 Å². The van der Waals surface area contributed by atoms with Crippen LogP contribution in [0.15, 0.2) is 48.5 Å². The molecule has 0 saturated heterocycles. The van der Waals surface area contributed by atoms with Gasteiger partial charge in [-0.2, -0.15) is 0 Å². The molecule has 0 amide bonds. The zero-order valence-corrected chi connectivity index (χ0v) is 13.7. The first-order valence-corrected chi connectivity index (χ1v) is 8.53. The first-order valence-electron chi connectivity index (χ1n) is 8.53. The van der Waals surface area contributed by atoms with E-state index in [0.717, 1.165) is 33.2 Å². The van der Waals surface area contributed by atoms with Gasteiger partial charge < -0.3 is 0 Å². The molecular weight excluding hydrogens is 332 g/mol. The smallest absolute Gasteiger partial charge is 0.264 e. The van der Waals surface area contributed by atoms with Crippen LogP contribution in [0.25, 0.3) is 21.9 Å². The summed E-state index contributed by atoms with van der Waals surface area (Å²) in [5.74, 6) is -0.358. The van der Waals surface area contributed by atoms with Crippen molar-refractivity contribution in [2.24, 2.45) is 0 Å². The average molecular weight is 346 g/mol. The van der Waals surface area contributed by atoms with Crippen molar-refractivity contribution in [1.29, 1.82) is 0 Å². The maximum atomic E-state index is 11.8. The molecule has 0 saturated carbocycles. The Morgan fingerprint density at radius 3 is 2.50 bits per heavy atom. The molecule has 2 aliphatic rings. The number of benzene rings is 3. The summed E-state index contributed by atoms with van der Waals surface area (Å²) in [6.07, 6.45) is 1.10. The summed E-state index contributed by atoms with van der Waals surface area (Å²) < 4.78 is 0. The van der Waals surface area contributed by atoms with Crippen LogP contribution in [0.3, 0.4) is 0 Å². The molecule has 5 rings (SSSR count). The molecule has 3 aromatic rings. The number of fused-ring (bicyclic) bond motifs is 3. The van der Waals surface area contributed by atoms with Crippen molar-refractivity contribution in [2.45, 2.75) is 24.8 Å². The van der Waals surface area contributed by atoms with Gasteiger partial charge in [0.1, 0.15) is 0 Å². The maximum absolute atomic E-state index is 11.8. The Hall–Kier alpha value is -3.28. The third-order valence-electron chi connectivity index (χ3n) is 5.75. The van der Waals surface area contributed by atoms with Gasteiger partial charge in [0.2, 0.25) is 6.04 Å². The van der Waals surface area contributed by atoms with Gasteiger partial charge in [0.05, 0.1) is 16.2 Å². The topological polar surface area (TPSA) is 86.3 Å². The molecular formula is C20H14N2O4. The molecule has 0 aliphatic heterocycles. The molecule has 3 aromatic carbocycles. The first kappa shape index (κ1) is 15.0. The largest absolute Gasteiger partial charge is 0.277 e. The van der Waals surface area contributed by atoms with E-state index >= 15 is 0 Å². The van der Waals surface area contributed by atoms with Crippen LogP contribution in [-0.2, 0) is 6.42 Å². The molecule has 2 unspecified atom stereocenters. The number of nitro groups is 2. The first-order chi connectivity index (χ1) is 12.6. The highest BCUT2D eigenvalue weighted by atomic mass is 16.6. The standard InChI is InChI=1S/C20H14N2O4/c23-21(24)16-10-8-14-12-3-1-2-4-13(12)20-17(22(25)26)9-6-11-5-7-15(16)19(14)18(11)20/h1-5,7-8,10,17,20H,6,9H2. The van der Waals surface area contributed by atoms with Gasteiger partial charge in [0.25, 0.3) is 5.69 Å². The lowest BCUT2D eigenvalue weighted by Gasteiger charge is -2.35. The van der Waals surface area contributed by atoms with Crippen molar-refractivity contribution >= 4 is 16.5 Å². The van der Waals surface area contributed by atoms with Gasteiger partial charge in [-0.05, 0) is 46.4 Å². The number of hydrogen-bond acceptors (Lipinski definition) is 4. The molecule has 26 heavy (non-hydrogen) atoms. The van der Waals surface area contributed by atoms with Crippen LogP contribution in [0.4, 0.5) is 5.69 Å². The summed E-state index contributed by atoms with van der Waals surface area (Å²) in [5, 5.41) is 24.7. The molecule has 2 atom stereocenters. The Morgan fingerprint density at radius 1 is 0.923 bits per heavy atom. The quantitative estimate of drug-likeness (QED) is 0.506. The maximum Gasteiger partial charge on any atom is 0.277 e. The van der Waals surface area contributed by atoms with E-state index in [0.29, 0.717) is 18.2 Å². The van der Waals surface area contributed by atoms with Crippen LogP contribution in [0.5, 0.6) is 0 Å². The summed E-state index contributed by atoms with van der Waals surface area (Å²) in [7, 11) is 0. The number of aryl methyl sites for hydroxylation is 1. The molecule has 128 valence electrons. The zero-order valence-electron chi connectivity index (χ0n) is 13.7. The Morgan fingerprint density at radius 2 is 1.73 bits per heavy atom. The van der Waals surface area contributed by atoms with Crippen molar-refractivity contribution in [3.05, 3.63) is 85.4 Å². The van der Waals surface area contributed by atoms with E-state index in [1.54, 1.807) is 12.1 Å². The van der Waals surface area contributed by atoms with Crippen LogP contribution in [0.1, 0.15) is 29.0 Å². The fourth-order valence-corrected chi connectivity index (χ4v) is 4.72. The van der Waals surface area contributed by atoms with E-state index in [4.69, 9.17) is 0 Å². The number of hydrogen-bond donors (Lipinski definition) is 0. The third-order valence-corrected chi connectivity index (χ3v) is 5.75. The summed E-state index contributed by atoms with van der Waals surface area (Å²) >= 11 is 0. The van der Waals surface area contributed by atoms with Crippen LogP contribution in [0, 0.1) is 20.2 Å². The molecule has 2 aliphatic carbocycles. The molecule has 0 heterocycles. The van der Waals surface area contributed by atoms with Crippen LogP contribution in [0.2, 0.25) is 0 Å². The van der Waals surface area contributed by atoms with Crippen LogP contribution >= 0.6 is 0 Å². The Bertz CT molecular complexity index is 1120. The summed E-state index contributed by atoms with van der Waals surface area (Å²) in [6.45, 7) is 0. The van der Waals surface area contributed by atoms with E-state index in [1.165, 1.54) is 6.07 Å². The van der Waals surface area contributed by atoms with Gasteiger partial charge in [-0.1, -0.05) is 30.3 Å². The predicted molar refractivity (Wildman–Crippen MR) is 97.0 cm³/mol. The summed E-state index contributed by atoms with van der Waals surface area (Å²) in [4.78, 5) is 22.7. The van der Waals surface area contributed by atoms with E-state index in [1.807, 2.05) is 30.3 Å². The van der Waals surface area contributed by atoms with Gasteiger partial charge in [0.15, 0.2) is 0 Å². The second-order valence-corrected chi connectivity index (χ2v) is 6.91. The lowest BCUT2D eigenvalue weighted by Crippen LogP contribution is -2.34. The predicted octanol–water partition coefficient (Wildman–Crippen LogP) is 4.45. The van der Waals surface area contributed by atoms with Crippen molar-refractivity contribution < 1.29 is 9.85 Å². The minimum Gasteiger partial charge on any atom is -0.264 e. The highest BCUT2D eigenvalue weighted by molar-refractivity contribution is 6.07. The molecule has 0 N–H and O–H groups in total. The van der Waals surface area contributed by atoms with Crippen molar-refractivity contribution in [2.75, 3.05) is 0 Å². The zero-order chi connectivity index (χ0) is 18.0. The lowest BCUT2D eigenvalue weighted by atomic mass is 9.68. The molecule has 6 nitrogen and oxygen atoms in total. The van der Waals surface area contributed by atoms with Crippen LogP contribution < -0.4 is 0 Å². The van der Waals surface area contributed by atoms with Crippen molar-refractivity contribution in [3.8, 4) is 11.1 Å². The average Bonchev–Trinajstić information content (AvgIpc) is 2.65. The molecule has 0 fully saturated rings. The van der Waals surface area contributed by atoms with E-state index < -0.39 is 6.04 Å². The summed E-state index contributed by atoms with van der Waals surface area (Å²) in [6, 6.07) is 14.0. The fourth-order valence-electron chi connectivity index (χ4n) is 4.72. The lowest BCUT2D eigenvalue weighted by molar-refractivity contribution is -0.526. The van der Waals surface area contributed by atoms with E-state index in [-0.39, 0.29) is 21.5 Å². The molecule has 0 aromatic heterocycles. The minimum absolute atomic E-state index is 0.0490. The fraction of sp³-hybridized carbons (Fsp3) is 0.200. The normalized spacial score (nSPS) is 19.8. The van der Waals surface area contributed by atoms with Crippen molar-refractivity contribution in [1.82, 2.24) is 0 Å². The summed E-state index contributed by atoms with van der Waals surface area (Å²) in [5.41, 5.74) is 4.84. The SMILES string of the molecule is O=[N+]([O-])c1ccc2c3c4c(ccc13)CCC([N+](=O)[O-])C4c1ccccc1-2. The molecule has 6 heteroatoms. The number of nitrogens with zero attached hydrogens (tertiary/aromatic N) is 2. The second kappa shape index (κ2) is 5.11. The third kappa shape index (κ3) is 1.81. The molecule has 0 bridgehead atoms. The van der Waals surface area contributed by atoms with Crippen LogP contribution in [-0.4, -0.2) is 15.9 Å². The Labute approximate surface area is 148 Å². The Balaban J connectivity index is 1.98. The molecule has 0 spiro atoms. The number of non-ortho nitro benzene ring substituents is 1. The van der Waals surface area contributed by atoms with Gasteiger partial charge in [0, 0.05) is 22.8 Å². The van der Waals surface area contributed by atoms with Gasteiger partial charge >= 0.3 is 0 Å².